The van der Waals surface area contributed by atoms with Crippen LogP contribution in [0, 0.1) is 0 Å². The Labute approximate surface area is 87.0 Å². The van der Waals surface area contributed by atoms with Crippen molar-refractivity contribution in [3.63, 3.8) is 0 Å². The Morgan fingerprint density at radius 1 is 1.23 bits per heavy atom. The summed E-state index contributed by atoms with van der Waals surface area (Å²) < 4.78 is 5.11. The summed E-state index contributed by atoms with van der Waals surface area (Å²) in [6.07, 6.45) is 0. The van der Waals surface area contributed by atoms with Crippen LogP contribution in [0.5, 0.6) is 0 Å². The van der Waals surface area contributed by atoms with Crippen molar-refractivity contribution < 1.29 is 9.84 Å². The third kappa shape index (κ3) is 3.16. The van der Waals surface area contributed by atoms with E-state index < -0.39 is 0 Å². The number of rotatable bonds is 4. The molecule has 2 nitrogen and oxygen atoms in total. The summed E-state index contributed by atoms with van der Waals surface area (Å²) in [5.41, 5.74) is 0.763. The molecule has 0 unspecified atom stereocenters. The van der Waals surface area contributed by atoms with Crippen LogP contribution in [-0.4, -0.2) is 18.3 Å². The number of ether oxygens (including phenoxy) is 1. The Balaban J connectivity index is 2.64. The highest BCUT2D eigenvalue weighted by Crippen LogP contribution is 2.24. The van der Waals surface area contributed by atoms with Gasteiger partial charge in [0.2, 0.25) is 0 Å². The molecule has 0 saturated heterocycles. The van der Waals surface area contributed by atoms with Crippen molar-refractivity contribution in [2.24, 2.45) is 0 Å². The van der Waals surface area contributed by atoms with E-state index in [9.17, 15) is 0 Å². The zero-order valence-corrected chi connectivity index (χ0v) is 8.48. The Morgan fingerprint density at radius 2 is 1.85 bits per heavy atom. The van der Waals surface area contributed by atoms with Gasteiger partial charge in [-0.2, -0.15) is 0 Å². The van der Waals surface area contributed by atoms with Crippen molar-refractivity contribution in [1.82, 2.24) is 0 Å². The van der Waals surface area contributed by atoms with E-state index in [-0.39, 0.29) is 6.61 Å². The van der Waals surface area contributed by atoms with E-state index in [1.54, 1.807) is 18.2 Å². The molecule has 0 bridgehead atoms. The molecule has 0 aliphatic carbocycles. The van der Waals surface area contributed by atoms with E-state index in [0.717, 1.165) is 5.56 Å². The molecular formula is C9H10Cl2O2. The molecule has 1 aromatic rings. The molecule has 13 heavy (non-hydrogen) atoms. The summed E-state index contributed by atoms with van der Waals surface area (Å²) in [6, 6.07) is 5.29. The van der Waals surface area contributed by atoms with Crippen LogP contribution >= 0.6 is 23.2 Å². The largest absolute Gasteiger partial charge is 0.394 e. The fraction of sp³-hybridized carbons (Fsp3) is 0.333. The molecule has 0 saturated carbocycles. The van der Waals surface area contributed by atoms with Gasteiger partial charge in [-0.1, -0.05) is 29.3 Å². The first kappa shape index (κ1) is 10.8. The van der Waals surface area contributed by atoms with Crippen molar-refractivity contribution in [1.29, 1.82) is 0 Å². The van der Waals surface area contributed by atoms with Gasteiger partial charge in [0, 0.05) is 15.6 Å². The van der Waals surface area contributed by atoms with Crippen molar-refractivity contribution in [2.75, 3.05) is 13.2 Å². The number of aliphatic hydroxyl groups is 1. The van der Waals surface area contributed by atoms with Gasteiger partial charge in [-0.25, -0.2) is 0 Å². The molecule has 0 amide bonds. The van der Waals surface area contributed by atoms with Crippen LogP contribution in [0.25, 0.3) is 0 Å². The number of aliphatic hydroxyl groups excluding tert-OH is 1. The second kappa shape index (κ2) is 5.45. The van der Waals surface area contributed by atoms with Crippen LogP contribution in [0.2, 0.25) is 10.0 Å². The van der Waals surface area contributed by atoms with Gasteiger partial charge in [0.15, 0.2) is 0 Å². The van der Waals surface area contributed by atoms with E-state index in [2.05, 4.69) is 0 Å². The standard InChI is InChI=1S/C9H10Cl2O2/c10-8-2-1-3-9(11)7(8)6-13-5-4-12/h1-3,12H,4-6H2. The molecule has 1 N–H and O–H groups in total. The topological polar surface area (TPSA) is 29.5 Å². The molecule has 0 fully saturated rings. The van der Waals surface area contributed by atoms with Crippen molar-refractivity contribution >= 4 is 23.2 Å². The lowest BCUT2D eigenvalue weighted by atomic mass is 10.2. The van der Waals surface area contributed by atoms with Crippen molar-refractivity contribution in [3.8, 4) is 0 Å². The average Bonchev–Trinajstić information content (AvgIpc) is 2.10. The number of hydrogen-bond acceptors (Lipinski definition) is 2. The molecule has 0 spiro atoms. The molecule has 0 atom stereocenters. The van der Waals surface area contributed by atoms with E-state index in [0.29, 0.717) is 23.3 Å². The van der Waals surface area contributed by atoms with E-state index >= 15 is 0 Å². The summed E-state index contributed by atoms with van der Waals surface area (Å²) in [7, 11) is 0. The van der Waals surface area contributed by atoms with E-state index in [1.165, 1.54) is 0 Å². The Morgan fingerprint density at radius 3 is 2.38 bits per heavy atom. The molecular weight excluding hydrogens is 211 g/mol. The van der Waals surface area contributed by atoms with Crippen molar-refractivity contribution in [3.05, 3.63) is 33.8 Å². The highest BCUT2D eigenvalue weighted by molar-refractivity contribution is 6.35. The summed E-state index contributed by atoms with van der Waals surface area (Å²) in [5, 5.41) is 9.67. The Bertz CT molecular complexity index is 256. The fourth-order valence-corrected chi connectivity index (χ4v) is 1.42. The lowest BCUT2D eigenvalue weighted by molar-refractivity contribution is 0.0816. The fourth-order valence-electron chi connectivity index (χ4n) is 0.909. The molecule has 0 aliphatic heterocycles. The summed E-state index contributed by atoms with van der Waals surface area (Å²) >= 11 is 11.8. The number of halogens is 2. The van der Waals surface area contributed by atoms with Crippen LogP contribution in [0.3, 0.4) is 0 Å². The maximum absolute atomic E-state index is 8.49. The zero-order valence-electron chi connectivity index (χ0n) is 6.96. The molecule has 0 radical (unpaired) electrons. The third-order valence-electron chi connectivity index (χ3n) is 1.54. The first-order valence-electron chi connectivity index (χ1n) is 3.87. The van der Waals surface area contributed by atoms with Crippen LogP contribution < -0.4 is 0 Å². The second-order valence-corrected chi connectivity index (χ2v) is 3.29. The summed E-state index contributed by atoms with van der Waals surface area (Å²) in [4.78, 5) is 0. The van der Waals surface area contributed by atoms with Crippen molar-refractivity contribution in [2.45, 2.75) is 6.61 Å². The molecule has 1 rings (SSSR count). The van der Waals surface area contributed by atoms with Gasteiger partial charge in [0.1, 0.15) is 0 Å². The van der Waals surface area contributed by atoms with E-state index in [4.69, 9.17) is 33.0 Å². The minimum Gasteiger partial charge on any atom is -0.394 e. The molecule has 0 heterocycles. The second-order valence-electron chi connectivity index (χ2n) is 2.48. The first-order chi connectivity index (χ1) is 6.25. The maximum atomic E-state index is 8.49. The molecule has 1 aromatic carbocycles. The van der Waals surface area contributed by atoms with Gasteiger partial charge >= 0.3 is 0 Å². The first-order valence-corrected chi connectivity index (χ1v) is 4.63. The zero-order chi connectivity index (χ0) is 9.68. The van der Waals surface area contributed by atoms with Crippen LogP contribution in [-0.2, 0) is 11.3 Å². The van der Waals surface area contributed by atoms with Gasteiger partial charge in [-0.05, 0) is 12.1 Å². The summed E-state index contributed by atoms with van der Waals surface area (Å²) in [6.45, 7) is 0.628. The predicted molar refractivity (Wildman–Crippen MR) is 53.2 cm³/mol. The quantitative estimate of drug-likeness (QED) is 0.791. The molecule has 0 aliphatic rings. The minimum atomic E-state index is 0.00206. The Kier molecular flexibility index (Phi) is 4.53. The minimum absolute atomic E-state index is 0.00206. The SMILES string of the molecule is OCCOCc1c(Cl)cccc1Cl. The lowest BCUT2D eigenvalue weighted by Gasteiger charge is -2.06. The third-order valence-corrected chi connectivity index (χ3v) is 2.25. The normalized spacial score (nSPS) is 10.4. The molecule has 0 aromatic heterocycles. The predicted octanol–water partition coefficient (Wildman–Crippen LogP) is 2.50. The summed E-state index contributed by atoms with van der Waals surface area (Å²) in [5.74, 6) is 0. The van der Waals surface area contributed by atoms with Crippen LogP contribution in [0.4, 0.5) is 0 Å². The van der Waals surface area contributed by atoms with E-state index in [1.807, 2.05) is 0 Å². The monoisotopic (exact) mass is 220 g/mol. The van der Waals surface area contributed by atoms with Crippen LogP contribution in [0.15, 0.2) is 18.2 Å². The maximum Gasteiger partial charge on any atom is 0.0747 e. The smallest absolute Gasteiger partial charge is 0.0747 e. The Hall–Kier alpha value is -0.280. The highest BCUT2D eigenvalue weighted by atomic mass is 35.5. The van der Waals surface area contributed by atoms with Gasteiger partial charge in [-0.3, -0.25) is 0 Å². The van der Waals surface area contributed by atoms with Gasteiger partial charge in [0.05, 0.1) is 19.8 Å². The van der Waals surface area contributed by atoms with Gasteiger partial charge < -0.3 is 9.84 Å². The molecule has 72 valence electrons. The lowest BCUT2D eigenvalue weighted by Crippen LogP contribution is -2.00. The number of hydrogen-bond donors (Lipinski definition) is 1. The average molecular weight is 221 g/mol. The van der Waals surface area contributed by atoms with Crippen LogP contribution in [0.1, 0.15) is 5.56 Å². The molecule has 4 heteroatoms. The van der Waals surface area contributed by atoms with Gasteiger partial charge in [-0.15, -0.1) is 0 Å². The number of benzene rings is 1. The highest BCUT2D eigenvalue weighted by Gasteiger charge is 2.04. The van der Waals surface area contributed by atoms with Gasteiger partial charge in [0.25, 0.3) is 0 Å².